The van der Waals surface area contributed by atoms with E-state index in [9.17, 15) is 0 Å². The van der Waals surface area contributed by atoms with Gasteiger partial charge in [0.2, 0.25) is 0 Å². The van der Waals surface area contributed by atoms with Crippen molar-refractivity contribution < 1.29 is 0 Å². The van der Waals surface area contributed by atoms with Crippen LogP contribution in [-0.2, 0) is 0 Å². The van der Waals surface area contributed by atoms with Gasteiger partial charge in [-0.2, -0.15) is 0 Å². The van der Waals surface area contributed by atoms with Gasteiger partial charge in [-0.05, 0) is 13.3 Å². The highest BCUT2D eigenvalue weighted by Gasteiger charge is 2.11. The van der Waals surface area contributed by atoms with Crippen LogP contribution < -0.4 is 5.73 Å². The Morgan fingerprint density at radius 1 is 1.67 bits per heavy atom. The summed E-state index contributed by atoms with van der Waals surface area (Å²) in [6.07, 6.45) is 2.34. The van der Waals surface area contributed by atoms with Gasteiger partial charge in [-0.15, -0.1) is 11.3 Å². The molecule has 1 rings (SSSR count). The third kappa shape index (κ3) is 2.29. The second kappa shape index (κ2) is 4.58. The zero-order valence-corrected chi connectivity index (χ0v) is 8.53. The van der Waals surface area contributed by atoms with Crippen molar-refractivity contribution in [3.8, 4) is 0 Å². The van der Waals surface area contributed by atoms with E-state index in [1.165, 1.54) is 11.4 Å². The highest BCUT2D eigenvalue weighted by molar-refractivity contribution is 7.09. The Kier molecular flexibility index (Phi) is 3.69. The fraction of sp³-hybridized carbons (Fsp3) is 0.667. The van der Waals surface area contributed by atoms with Crippen LogP contribution in [0.15, 0.2) is 5.38 Å². The lowest BCUT2D eigenvalue weighted by Gasteiger charge is -2.08. The fourth-order valence-corrected chi connectivity index (χ4v) is 2.20. The van der Waals surface area contributed by atoms with E-state index in [0.717, 1.165) is 18.7 Å². The van der Waals surface area contributed by atoms with Crippen molar-refractivity contribution in [2.24, 2.45) is 5.73 Å². The molecular formula is C9H16N2S. The van der Waals surface area contributed by atoms with Gasteiger partial charge in [0, 0.05) is 23.5 Å². The molecule has 0 fully saturated rings. The average molecular weight is 184 g/mol. The first kappa shape index (κ1) is 9.68. The van der Waals surface area contributed by atoms with Crippen molar-refractivity contribution in [1.82, 2.24) is 4.98 Å². The molecule has 0 aliphatic carbocycles. The topological polar surface area (TPSA) is 38.9 Å². The molecule has 1 unspecified atom stereocenters. The molecule has 0 amide bonds. The van der Waals surface area contributed by atoms with Crippen LogP contribution >= 0.6 is 11.3 Å². The third-order valence-electron chi connectivity index (χ3n) is 1.91. The quantitative estimate of drug-likeness (QED) is 0.779. The van der Waals surface area contributed by atoms with Gasteiger partial charge < -0.3 is 5.73 Å². The van der Waals surface area contributed by atoms with Gasteiger partial charge in [0.25, 0.3) is 0 Å². The van der Waals surface area contributed by atoms with Crippen molar-refractivity contribution in [1.29, 1.82) is 0 Å². The smallest absolute Gasteiger partial charge is 0.0971 e. The molecule has 0 bridgehead atoms. The van der Waals surface area contributed by atoms with Crippen LogP contribution in [-0.4, -0.2) is 11.5 Å². The first-order valence-electron chi connectivity index (χ1n) is 4.40. The molecule has 1 atom stereocenters. The van der Waals surface area contributed by atoms with Gasteiger partial charge in [-0.1, -0.05) is 13.3 Å². The van der Waals surface area contributed by atoms with E-state index in [4.69, 9.17) is 5.73 Å². The number of hydrogen-bond donors (Lipinski definition) is 1. The number of aryl methyl sites for hydroxylation is 1. The van der Waals surface area contributed by atoms with E-state index in [-0.39, 0.29) is 0 Å². The predicted octanol–water partition coefficient (Wildman–Crippen LogP) is 2.29. The summed E-state index contributed by atoms with van der Waals surface area (Å²) in [6, 6.07) is 0. The minimum absolute atomic E-state index is 0.480. The van der Waals surface area contributed by atoms with Crippen LogP contribution in [0.3, 0.4) is 0 Å². The monoisotopic (exact) mass is 184 g/mol. The van der Waals surface area contributed by atoms with Crippen molar-refractivity contribution in [2.45, 2.75) is 32.6 Å². The first-order valence-corrected chi connectivity index (χ1v) is 5.28. The van der Waals surface area contributed by atoms with E-state index in [1.807, 2.05) is 6.92 Å². The van der Waals surface area contributed by atoms with Crippen molar-refractivity contribution in [2.75, 3.05) is 6.54 Å². The Labute approximate surface area is 77.8 Å². The van der Waals surface area contributed by atoms with Crippen molar-refractivity contribution >= 4 is 11.3 Å². The number of aromatic nitrogens is 1. The maximum Gasteiger partial charge on any atom is 0.0971 e. The molecule has 1 heterocycles. The minimum Gasteiger partial charge on any atom is -0.330 e. The molecule has 0 saturated carbocycles. The molecular weight excluding hydrogens is 168 g/mol. The molecule has 1 aromatic heterocycles. The van der Waals surface area contributed by atoms with Gasteiger partial charge in [-0.3, -0.25) is 0 Å². The van der Waals surface area contributed by atoms with Crippen LogP contribution in [0, 0.1) is 6.92 Å². The van der Waals surface area contributed by atoms with Crippen LogP contribution in [0.1, 0.15) is 36.4 Å². The summed E-state index contributed by atoms with van der Waals surface area (Å²) < 4.78 is 0. The van der Waals surface area contributed by atoms with Gasteiger partial charge in [-0.25, -0.2) is 4.98 Å². The zero-order chi connectivity index (χ0) is 8.97. The number of thiazole rings is 1. The Morgan fingerprint density at radius 3 is 2.83 bits per heavy atom. The SMILES string of the molecule is CCCC(CN)c1nc(C)cs1. The second-order valence-corrected chi connectivity index (χ2v) is 3.94. The lowest BCUT2D eigenvalue weighted by atomic mass is 10.1. The highest BCUT2D eigenvalue weighted by atomic mass is 32.1. The summed E-state index contributed by atoms with van der Waals surface area (Å²) in [7, 11) is 0. The summed E-state index contributed by atoms with van der Waals surface area (Å²) in [4.78, 5) is 4.44. The Morgan fingerprint density at radius 2 is 2.42 bits per heavy atom. The van der Waals surface area contributed by atoms with E-state index in [1.54, 1.807) is 11.3 Å². The fourth-order valence-electron chi connectivity index (χ4n) is 1.25. The first-order chi connectivity index (χ1) is 5.77. The van der Waals surface area contributed by atoms with Crippen LogP contribution in [0.5, 0.6) is 0 Å². The molecule has 0 spiro atoms. The van der Waals surface area contributed by atoms with E-state index in [2.05, 4.69) is 17.3 Å². The molecule has 0 aliphatic rings. The molecule has 0 saturated heterocycles. The van der Waals surface area contributed by atoms with Crippen LogP contribution in [0.2, 0.25) is 0 Å². The number of nitrogens with two attached hydrogens (primary N) is 1. The Bertz CT molecular complexity index is 232. The largest absolute Gasteiger partial charge is 0.330 e. The predicted molar refractivity (Wildman–Crippen MR) is 53.6 cm³/mol. The minimum atomic E-state index is 0.480. The molecule has 2 N–H and O–H groups in total. The Balaban J connectivity index is 2.66. The van der Waals surface area contributed by atoms with E-state index >= 15 is 0 Å². The Hall–Kier alpha value is -0.410. The van der Waals surface area contributed by atoms with Crippen molar-refractivity contribution in [3.05, 3.63) is 16.1 Å². The van der Waals surface area contributed by atoms with Gasteiger partial charge >= 0.3 is 0 Å². The van der Waals surface area contributed by atoms with Gasteiger partial charge in [0.1, 0.15) is 0 Å². The molecule has 0 radical (unpaired) electrons. The van der Waals surface area contributed by atoms with E-state index in [0.29, 0.717) is 5.92 Å². The third-order valence-corrected chi connectivity index (χ3v) is 3.03. The molecule has 3 heteroatoms. The number of rotatable bonds is 4. The summed E-state index contributed by atoms with van der Waals surface area (Å²) in [6.45, 7) is 4.93. The van der Waals surface area contributed by atoms with Crippen molar-refractivity contribution in [3.63, 3.8) is 0 Å². The normalized spacial score (nSPS) is 13.2. The molecule has 0 aromatic carbocycles. The molecule has 0 aliphatic heterocycles. The summed E-state index contributed by atoms with van der Waals surface area (Å²) in [5.41, 5.74) is 6.78. The van der Waals surface area contributed by atoms with Gasteiger partial charge in [0.15, 0.2) is 0 Å². The lowest BCUT2D eigenvalue weighted by Crippen LogP contribution is -2.11. The maximum atomic E-state index is 5.67. The maximum absolute atomic E-state index is 5.67. The average Bonchev–Trinajstić information content (AvgIpc) is 2.47. The van der Waals surface area contributed by atoms with Crippen LogP contribution in [0.25, 0.3) is 0 Å². The number of hydrogen-bond acceptors (Lipinski definition) is 3. The second-order valence-electron chi connectivity index (χ2n) is 3.05. The summed E-state index contributed by atoms with van der Waals surface area (Å²) >= 11 is 1.73. The highest BCUT2D eigenvalue weighted by Crippen LogP contribution is 2.23. The summed E-state index contributed by atoms with van der Waals surface area (Å²) in [5, 5.41) is 3.30. The van der Waals surface area contributed by atoms with E-state index < -0.39 is 0 Å². The lowest BCUT2D eigenvalue weighted by molar-refractivity contribution is 0.618. The molecule has 68 valence electrons. The standard InChI is InChI=1S/C9H16N2S/c1-3-4-8(5-10)9-11-7(2)6-12-9/h6,8H,3-5,10H2,1-2H3. The van der Waals surface area contributed by atoms with Crippen LogP contribution in [0.4, 0.5) is 0 Å². The molecule has 1 aromatic rings. The molecule has 12 heavy (non-hydrogen) atoms. The number of nitrogens with zero attached hydrogens (tertiary/aromatic N) is 1. The summed E-state index contributed by atoms with van der Waals surface area (Å²) in [5.74, 6) is 0.480. The zero-order valence-electron chi connectivity index (χ0n) is 7.71. The molecule has 2 nitrogen and oxygen atoms in total. The van der Waals surface area contributed by atoms with Gasteiger partial charge in [0.05, 0.1) is 5.01 Å².